The fourth-order valence-corrected chi connectivity index (χ4v) is 2.86. The Bertz CT molecular complexity index is 1290. The Morgan fingerprint density at radius 2 is 1.71 bits per heavy atom. The van der Waals surface area contributed by atoms with Crippen molar-refractivity contribution in [3.63, 3.8) is 0 Å². The third-order valence-electron chi connectivity index (χ3n) is 4.36. The minimum absolute atomic E-state index is 0.0254. The molecule has 8 heteroatoms. The summed E-state index contributed by atoms with van der Waals surface area (Å²) >= 11 is 0. The van der Waals surface area contributed by atoms with Gasteiger partial charge >= 0.3 is 0 Å². The van der Waals surface area contributed by atoms with E-state index in [1.54, 1.807) is 12.1 Å². The van der Waals surface area contributed by atoms with E-state index in [2.05, 4.69) is 10.3 Å². The van der Waals surface area contributed by atoms with E-state index in [1.807, 2.05) is 0 Å². The van der Waals surface area contributed by atoms with Gasteiger partial charge in [-0.3, -0.25) is 19.1 Å². The summed E-state index contributed by atoms with van der Waals surface area (Å²) in [5.41, 5.74) is -0.181. The molecule has 1 N–H and O–H groups in total. The number of pyridine rings is 2. The van der Waals surface area contributed by atoms with Crippen molar-refractivity contribution in [1.82, 2.24) is 9.55 Å². The number of nitrogens with zero attached hydrogens (tertiary/aromatic N) is 2. The van der Waals surface area contributed by atoms with Crippen LogP contribution in [0.5, 0.6) is 11.5 Å². The van der Waals surface area contributed by atoms with Gasteiger partial charge in [0, 0.05) is 36.0 Å². The summed E-state index contributed by atoms with van der Waals surface area (Å²) in [6.07, 6.45) is 4.50. The van der Waals surface area contributed by atoms with Crippen molar-refractivity contribution in [2.45, 2.75) is 0 Å². The van der Waals surface area contributed by atoms with Gasteiger partial charge in [0.05, 0.1) is 0 Å². The van der Waals surface area contributed by atoms with Crippen LogP contribution in [-0.2, 0) is 0 Å². The third-order valence-corrected chi connectivity index (χ3v) is 4.36. The molecule has 31 heavy (non-hydrogen) atoms. The predicted molar refractivity (Wildman–Crippen MR) is 111 cm³/mol. The van der Waals surface area contributed by atoms with Gasteiger partial charge in [-0.15, -0.1) is 0 Å². The lowest BCUT2D eigenvalue weighted by Gasteiger charge is -2.10. The fraction of sp³-hybridized carbons (Fsp3) is 0. The van der Waals surface area contributed by atoms with E-state index in [-0.39, 0.29) is 17.0 Å². The maximum Gasteiger partial charge on any atom is 0.267 e. The van der Waals surface area contributed by atoms with Crippen LogP contribution >= 0.6 is 0 Å². The number of benzene rings is 2. The van der Waals surface area contributed by atoms with Crippen LogP contribution in [0.3, 0.4) is 0 Å². The smallest absolute Gasteiger partial charge is 0.267 e. The maximum absolute atomic E-state index is 14.4. The molecule has 0 unspecified atom stereocenters. The van der Waals surface area contributed by atoms with Crippen LogP contribution in [0.1, 0.15) is 10.4 Å². The minimum Gasteiger partial charge on any atom is -0.454 e. The first-order chi connectivity index (χ1) is 15.0. The number of carbonyl (C=O) groups excluding carboxylic acids is 1. The highest BCUT2D eigenvalue weighted by Crippen LogP contribution is 2.26. The quantitative estimate of drug-likeness (QED) is 0.515. The van der Waals surface area contributed by atoms with Crippen molar-refractivity contribution >= 4 is 11.6 Å². The highest BCUT2D eigenvalue weighted by Gasteiger charge is 2.15. The second-order valence-corrected chi connectivity index (χ2v) is 6.46. The number of halogens is 2. The Morgan fingerprint density at radius 3 is 2.42 bits per heavy atom. The molecular formula is C23H15F2N3O3. The summed E-state index contributed by atoms with van der Waals surface area (Å²) in [5.74, 6) is -1.45. The molecule has 2 heterocycles. The van der Waals surface area contributed by atoms with E-state index < -0.39 is 23.1 Å². The molecule has 6 nitrogen and oxygen atoms in total. The molecular weight excluding hydrogens is 404 g/mol. The molecule has 0 aliphatic heterocycles. The van der Waals surface area contributed by atoms with Crippen molar-refractivity contribution in [3.8, 4) is 17.2 Å². The molecule has 4 aromatic rings. The van der Waals surface area contributed by atoms with Gasteiger partial charge in [-0.1, -0.05) is 0 Å². The summed E-state index contributed by atoms with van der Waals surface area (Å²) in [7, 11) is 0. The molecule has 154 valence electrons. The molecule has 0 aliphatic carbocycles. The van der Waals surface area contributed by atoms with Gasteiger partial charge < -0.3 is 10.1 Å². The first-order valence-corrected chi connectivity index (χ1v) is 9.18. The third kappa shape index (κ3) is 4.48. The molecule has 0 radical (unpaired) electrons. The molecule has 4 rings (SSSR count). The van der Waals surface area contributed by atoms with E-state index in [0.29, 0.717) is 11.4 Å². The minimum atomic E-state index is -0.705. The van der Waals surface area contributed by atoms with Crippen LogP contribution in [0.2, 0.25) is 0 Å². The molecule has 0 aliphatic rings. The van der Waals surface area contributed by atoms with E-state index in [1.165, 1.54) is 71.7 Å². The van der Waals surface area contributed by atoms with Gasteiger partial charge in [-0.25, -0.2) is 8.78 Å². The highest BCUT2D eigenvalue weighted by atomic mass is 19.1. The van der Waals surface area contributed by atoms with Crippen LogP contribution in [0, 0.1) is 11.6 Å². The Balaban J connectivity index is 1.54. The molecule has 0 saturated carbocycles. The van der Waals surface area contributed by atoms with Gasteiger partial charge in [0.2, 0.25) is 0 Å². The lowest BCUT2D eigenvalue weighted by atomic mass is 10.2. The second kappa shape index (κ2) is 8.58. The van der Waals surface area contributed by atoms with Crippen molar-refractivity contribution < 1.29 is 18.3 Å². The summed E-state index contributed by atoms with van der Waals surface area (Å²) in [6, 6.07) is 15.2. The molecule has 0 atom stereocenters. The topological polar surface area (TPSA) is 73.2 Å². The van der Waals surface area contributed by atoms with E-state index in [4.69, 9.17) is 4.74 Å². The van der Waals surface area contributed by atoms with E-state index >= 15 is 0 Å². The molecule has 0 spiro atoms. The standard InChI is InChI=1S/C23H15F2N3O3/c24-15-3-6-17(7-4-15)28-13-1-2-19(23(28)30)22(29)27-16-5-8-21(20(25)14-16)31-18-9-11-26-12-10-18/h1-14H,(H,27,29). The number of rotatable bonds is 5. The Morgan fingerprint density at radius 1 is 0.968 bits per heavy atom. The number of amides is 1. The maximum atomic E-state index is 14.4. The number of ether oxygens (including phenoxy) is 1. The first kappa shape index (κ1) is 20.0. The largest absolute Gasteiger partial charge is 0.454 e. The van der Waals surface area contributed by atoms with Crippen LogP contribution < -0.4 is 15.6 Å². The van der Waals surface area contributed by atoms with Crippen LogP contribution in [0.4, 0.5) is 14.5 Å². The van der Waals surface area contributed by atoms with E-state index in [9.17, 15) is 18.4 Å². The van der Waals surface area contributed by atoms with Gasteiger partial charge in [0.25, 0.3) is 11.5 Å². The summed E-state index contributed by atoms with van der Waals surface area (Å²) in [4.78, 5) is 29.2. The number of hydrogen-bond acceptors (Lipinski definition) is 4. The van der Waals surface area contributed by atoms with Crippen LogP contribution in [0.15, 0.2) is 90.1 Å². The second-order valence-electron chi connectivity index (χ2n) is 6.46. The normalized spacial score (nSPS) is 10.5. The molecule has 2 aromatic heterocycles. The average molecular weight is 419 g/mol. The zero-order chi connectivity index (χ0) is 21.8. The number of aromatic nitrogens is 2. The fourth-order valence-electron chi connectivity index (χ4n) is 2.86. The van der Waals surface area contributed by atoms with Crippen molar-refractivity contribution in [1.29, 1.82) is 0 Å². The summed E-state index contributed by atoms with van der Waals surface area (Å²) < 4.78 is 34.2. The van der Waals surface area contributed by atoms with Gasteiger partial charge in [-0.05, 0) is 60.7 Å². The van der Waals surface area contributed by atoms with Crippen molar-refractivity contribution in [2.75, 3.05) is 5.32 Å². The highest BCUT2D eigenvalue weighted by molar-refractivity contribution is 6.04. The van der Waals surface area contributed by atoms with Gasteiger partial charge in [-0.2, -0.15) is 0 Å². The summed E-state index contributed by atoms with van der Waals surface area (Å²) in [6.45, 7) is 0. The van der Waals surface area contributed by atoms with Gasteiger partial charge in [0.1, 0.15) is 17.1 Å². The lowest BCUT2D eigenvalue weighted by molar-refractivity contribution is 0.102. The van der Waals surface area contributed by atoms with Crippen LogP contribution in [0.25, 0.3) is 5.69 Å². The Hall–Kier alpha value is -4.33. The number of anilines is 1. The molecule has 2 aromatic carbocycles. The number of carbonyl (C=O) groups is 1. The average Bonchev–Trinajstić information content (AvgIpc) is 2.77. The summed E-state index contributed by atoms with van der Waals surface area (Å²) in [5, 5.41) is 2.50. The number of nitrogens with one attached hydrogen (secondary N) is 1. The Labute approximate surface area is 175 Å². The SMILES string of the molecule is O=C(Nc1ccc(Oc2ccncc2)c(F)c1)c1cccn(-c2ccc(F)cc2)c1=O. The first-order valence-electron chi connectivity index (χ1n) is 9.18. The molecule has 0 bridgehead atoms. The van der Waals surface area contributed by atoms with Crippen molar-refractivity contribution in [2.24, 2.45) is 0 Å². The zero-order valence-corrected chi connectivity index (χ0v) is 16.0. The Kier molecular flexibility index (Phi) is 5.53. The molecule has 0 saturated heterocycles. The zero-order valence-electron chi connectivity index (χ0n) is 16.0. The van der Waals surface area contributed by atoms with Crippen LogP contribution in [-0.4, -0.2) is 15.5 Å². The predicted octanol–water partition coefficient (Wildman–Crippen LogP) is 4.56. The van der Waals surface area contributed by atoms with E-state index in [0.717, 1.165) is 6.07 Å². The monoisotopic (exact) mass is 419 g/mol. The lowest BCUT2D eigenvalue weighted by Crippen LogP contribution is -2.27. The molecule has 1 amide bonds. The molecule has 0 fully saturated rings. The van der Waals surface area contributed by atoms with Crippen molar-refractivity contribution in [3.05, 3.63) is 113 Å². The van der Waals surface area contributed by atoms with Gasteiger partial charge in [0.15, 0.2) is 11.6 Å². The number of hydrogen-bond donors (Lipinski definition) is 1.